The fraction of sp³-hybridized carbons (Fsp3) is 0.304. The molecule has 3 unspecified atom stereocenters. The normalized spacial score (nSPS) is 19.3. The molecule has 3 atom stereocenters. The number of para-hydroxylation sites is 1. The number of carbonyl (C=O) groups excluding carboxylic acids is 1. The summed E-state index contributed by atoms with van der Waals surface area (Å²) in [6.45, 7) is 0.399. The predicted octanol–water partition coefficient (Wildman–Crippen LogP) is 3.54. The average molecular weight is 392 g/mol. The van der Waals surface area contributed by atoms with E-state index in [4.69, 9.17) is 4.74 Å². The number of carboxylic acids is 1. The molecule has 4 rings (SSSR count). The van der Waals surface area contributed by atoms with E-state index in [0.717, 1.165) is 27.8 Å². The summed E-state index contributed by atoms with van der Waals surface area (Å²) in [5.74, 6) is -1.37. The first kappa shape index (κ1) is 19.1. The van der Waals surface area contributed by atoms with Crippen LogP contribution >= 0.6 is 0 Å². The van der Waals surface area contributed by atoms with E-state index >= 15 is 0 Å². The fourth-order valence-corrected chi connectivity index (χ4v) is 4.07. The Bertz CT molecular complexity index is 1020. The smallest absolute Gasteiger partial charge is 0.307 e. The minimum Gasteiger partial charge on any atom is -0.497 e. The van der Waals surface area contributed by atoms with Crippen molar-refractivity contribution in [2.75, 3.05) is 13.7 Å². The van der Waals surface area contributed by atoms with Crippen LogP contribution in [-0.2, 0) is 9.59 Å². The lowest BCUT2D eigenvalue weighted by molar-refractivity contribution is -0.152. The van der Waals surface area contributed by atoms with E-state index < -0.39 is 17.8 Å². The molecule has 1 heterocycles. The van der Waals surface area contributed by atoms with Crippen molar-refractivity contribution in [2.24, 2.45) is 11.8 Å². The zero-order valence-electron chi connectivity index (χ0n) is 16.2. The van der Waals surface area contributed by atoms with E-state index in [1.807, 2.05) is 48.7 Å². The number of H-pyrrole nitrogens is 1. The molecule has 150 valence electrons. The number of hydrogen-bond acceptors (Lipinski definition) is 3. The number of aliphatic carboxylic acids is 1. The van der Waals surface area contributed by atoms with E-state index in [9.17, 15) is 14.7 Å². The fourth-order valence-electron chi connectivity index (χ4n) is 4.07. The van der Waals surface area contributed by atoms with Crippen LogP contribution in [0.15, 0.2) is 54.7 Å². The SMILES string of the molecule is COc1ccc(C(CNC(=O)C2CCC2C(=O)O)c2c[nH]c3ccccc23)cc1. The number of carboxylic acid groups (broad SMARTS) is 1. The number of nitrogens with one attached hydrogen (secondary N) is 2. The maximum Gasteiger partial charge on any atom is 0.307 e. The van der Waals surface area contributed by atoms with Gasteiger partial charge >= 0.3 is 5.97 Å². The lowest BCUT2D eigenvalue weighted by Gasteiger charge is -2.32. The molecule has 1 amide bonds. The zero-order valence-corrected chi connectivity index (χ0v) is 16.2. The largest absolute Gasteiger partial charge is 0.497 e. The molecule has 29 heavy (non-hydrogen) atoms. The van der Waals surface area contributed by atoms with E-state index in [2.05, 4.69) is 16.4 Å². The topological polar surface area (TPSA) is 91.4 Å². The first-order chi connectivity index (χ1) is 14.1. The zero-order chi connectivity index (χ0) is 20.4. The highest BCUT2D eigenvalue weighted by Gasteiger charge is 2.41. The number of methoxy groups -OCH3 is 1. The van der Waals surface area contributed by atoms with Crippen molar-refractivity contribution >= 4 is 22.8 Å². The summed E-state index contributed by atoms with van der Waals surface area (Å²) in [5.41, 5.74) is 3.19. The third-order valence-electron chi connectivity index (χ3n) is 5.92. The van der Waals surface area contributed by atoms with Crippen LogP contribution < -0.4 is 10.1 Å². The second-order valence-corrected chi connectivity index (χ2v) is 7.49. The second kappa shape index (κ2) is 7.99. The Labute approximate surface area is 168 Å². The summed E-state index contributed by atoms with van der Waals surface area (Å²) in [5, 5.41) is 13.3. The molecular weight excluding hydrogens is 368 g/mol. The predicted molar refractivity (Wildman–Crippen MR) is 110 cm³/mol. The summed E-state index contributed by atoms with van der Waals surface area (Å²) in [7, 11) is 1.63. The summed E-state index contributed by atoms with van der Waals surface area (Å²) in [4.78, 5) is 27.2. The molecule has 3 N–H and O–H groups in total. The van der Waals surface area contributed by atoms with Crippen LogP contribution in [0.5, 0.6) is 5.75 Å². The number of ether oxygens (including phenoxy) is 1. The van der Waals surface area contributed by atoms with Crippen LogP contribution in [0, 0.1) is 11.8 Å². The standard InChI is InChI=1S/C23H24N2O4/c1-29-15-8-6-14(7-9-15)19(20-13-24-21-5-3-2-4-16(20)21)12-25-22(26)17-10-11-18(17)23(27)28/h2-9,13,17-19,24H,10-12H2,1H3,(H,25,26)(H,27,28). The van der Waals surface area contributed by atoms with E-state index in [-0.39, 0.29) is 11.8 Å². The van der Waals surface area contributed by atoms with Gasteiger partial charge in [0.25, 0.3) is 0 Å². The number of hydrogen-bond donors (Lipinski definition) is 3. The molecule has 3 aromatic rings. The van der Waals surface area contributed by atoms with Crippen molar-refractivity contribution in [3.63, 3.8) is 0 Å². The maximum absolute atomic E-state index is 12.6. The van der Waals surface area contributed by atoms with Gasteiger partial charge in [0.15, 0.2) is 0 Å². The number of aromatic nitrogens is 1. The molecule has 6 heteroatoms. The van der Waals surface area contributed by atoms with Crippen LogP contribution in [0.25, 0.3) is 10.9 Å². The van der Waals surface area contributed by atoms with Crippen molar-refractivity contribution in [3.05, 3.63) is 65.9 Å². The van der Waals surface area contributed by atoms with Gasteiger partial charge < -0.3 is 20.1 Å². The molecule has 0 radical (unpaired) electrons. The van der Waals surface area contributed by atoms with Gasteiger partial charge in [-0.05, 0) is 42.2 Å². The van der Waals surface area contributed by atoms with Gasteiger partial charge in [-0.3, -0.25) is 9.59 Å². The first-order valence-electron chi connectivity index (χ1n) is 9.79. The van der Waals surface area contributed by atoms with Crippen molar-refractivity contribution in [1.29, 1.82) is 0 Å². The molecule has 6 nitrogen and oxygen atoms in total. The molecule has 1 aliphatic carbocycles. The number of carbonyl (C=O) groups is 2. The highest BCUT2D eigenvalue weighted by atomic mass is 16.5. The highest BCUT2D eigenvalue weighted by molar-refractivity contribution is 5.87. The second-order valence-electron chi connectivity index (χ2n) is 7.49. The molecule has 1 aromatic heterocycles. The van der Waals surface area contributed by atoms with Gasteiger partial charge in [0.1, 0.15) is 5.75 Å². The Morgan fingerprint density at radius 1 is 1.14 bits per heavy atom. The number of aromatic amines is 1. The van der Waals surface area contributed by atoms with Crippen molar-refractivity contribution in [1.82, 2.24) is 10.3 Å². The molecule has 1 saturated carbocycles. The molecule has 1 aliphatic rings. The summed E-state index contributed by atoms with van der Waals surface area (Å²) in [6.07, 6.45) is 3.18. The van der Waals surface area contributed by atoms with E-state index in [0.29, 0.717) is 19.4 Å². The molecule has 2 aromatic carbocycles. The van der Waals surface area contributed by atoms with Crippen LogP contribution in [0.2, 0.25) is 0 Å². The van der Waals surface area contributed by atoms with Crippen LogP contribution in [0.4, 0.5) is 0 Å². The number of benzene rings is 2. The maximum atomic E-state index is 12.6. The number of amides is 1. The Morgan fingerprint density at radius 3 is 2.52 bits per heavy atom. The molecule has 0 bridgehead atoms. The quantitative estimate of drug-likeness (QED) is 0.574. The average Bonchev–Trinajstić information content (AvgIpc) is 3.11. The molecular formula is C23H24N2O4. The van der Waals surface area contributed by atoms with Gasteiger partial charge in [-0.2, -0.15) is 0 Å². The Hall–Kier alpha value is -3.28. The van der Waals surface area contributed by atoms with Crippen LogP contribution in [0.3, 0.4) is 0 Å². The lowest BCUT2D eigenvalue weighted by atomic mass is 9.73. The van der Waals surface area contributed by atoms with E-state index in [1.54, 1.807) is 7.11 Å². The monoisotopic (exact) mass is 392 g/mol. The molecule has 0 saturated heterocycles. The van der Waals surface area contributed by atoms with Crippen LogP contribution in [0.1, 0.15) is 29.9 Å². The third-order valence-corrected chi connectivity index (χ3v) is 5.92. The van der Waals surface area contributed by atoms with Crippen molar-refractivity contribution < 1.29 is 19.4 Å². The number of rotatable bonds is 7. The first-order valence-corrected chi connectivity index (χ1v) is 9.79. The van der Waals surface area contributed by atoms with Gasteiger partial charge in [-0.25, -0.2) is 0 Å². The van der Waals surface area contributed by atoms with Gasteiger partial charge in [-0.15, -0.1) is 0 Å². The minimum atomic E-state index is -0.889. The summed E-state index contributed by atoms with van der Waals surface area (Å²) < 4.78 is 5.26. The Kier molecular flexibility index (Phi) is 5.25. The lowest BCUT2D eigenvalue weighted by Crippen LogP contribution is -2.45. The van der Waals surface area contributed by atoms with Gasteiger partial charge in [-0.1, -0.05) is 30.3 Å². The molecule has 0 aliphatic heterocycles. The Balaban J connectivity index is 1.60. The van der Waals surface area contributed by atoms with E-state index in [1.165, 1.54) is 0 Å². The third kappa shape index (κ3) is 3.70. The summed E-state index contributed by atoms with van der Waals surface area (Å²) >= 11 is 0. The van der Waals surface area contributed by atoms with Crippen molar-refractivity contribution in [2.45, 2.75) is 18.8 Å². The van der Waals surface area contributed by atoms with Crippen LogP contribution in [-0.4, -0.2) is 35.6 Å². The molecule has 1 fully saturated rings. The Morgan fingerprint density at radius 2 is 1.86 bits per heavy atom. The van der Waals surface area contributed by atoms with Gasteiger partial charge in [0.2, 0.25) is 5.91 Å². The van der Waals surface area contributed by atoms with Crippen molar-refractivity contribution in [3.8, 4) is 5.75 Å². The summed E-state index contributed by atoms with van der Waals surface area (Å²) in [6, 6.07) is 15.9. The van der Waals surface area contributed by atoms with Gasteiger partial charge in [0.05, 0.1) is 18.9 Å². The minimum absolute atomic E-state index is 0.0654. The highest BCUT2D eigenvalue weighted by Crippen LogP contribution is 2.35. The van der Waals surface area contributed by atoms with Gasteiger partial charge in [0, 0.05) is 29.6 Å². The molecule has 0 spiro atoms. The number of fused-ring (bicyclic) bond motifs is 1.